The maximum absolute atomic E-state index is 10.6. The van der Waals surface area contributed by atoms with Crippen LogP contribution in [0.4, 0.5) is 0 Å². The number of carbonyl (C=O) groups excluding carboxylic acids is 1. The first-order valence-electron chi connectivity index (χ1n) is 2.99. The van der Waals surface area contributed by atoms with Crippen LogP contribution in [0.25, 0.3) is 0 Å². The molecular weight excluding hydrogens is 126 g/mol. The van der Waals surface area contributed by atoms with Crippen molar-refractivity contribution in [2.24, 2.45) is 5.73 Å². The summed E-state index contributed by atoms with van der Waals surface area (Å²) in [6, 6.07) is 8.06. The molecule has 0 atom stereocenters. The van der Waals surface area contributed by atoms with E-state index in [2.05, 4.69) is 6.07 Å². The molecule has 0 fully saturated rings. The van der Waals surface area contributed by atoms with Crippen molar-refractivity contribution < 1.29 is 4.79 Å². The number of nitrogens with two attached hydrogens (primary N) is 1. The minimum atomic E-state index is -0.394. The molecule has 0 aliphatic carbocycles. The summed E-state index contributed by atoms with van der Waals surface area (Å²) >= 11 is 0. The Hall–Kier alpha value is -1.31. The minimum Gasteiger partial charge on any atom is -0.366 e. The zero-order chi connectivity index (χ0) is 7.56. The molecule has 0 heterocycles. The van der Waals surface area contributed by atoms with Gasteiger partial charge in [0.2, 0.25) is 5.91 Å². The maximum Gasteiger partial charge on any atom is 0.248 e. The van der Waals surface area contributed by atoms with Crippen molar-refractivity contribution in [3.8, 4) is 0 Å². The van der Waals surface area contributed by atoms with Crippen molar-refractivity contribution in [2.45, 2.75) is 6.92 Å². The van der Waals surface area contributed by atoms with Gasteiger partial charge in [-0.15, -0.1) is 0 Å². The first-order valence-corrected chi connectivity index (χ1v) is 2.99. The lowest BCUT2D eigenvalue weighted by molar-refractivity contribution is 0.0999. The molecule has 0 aliphatic rings. The van der Waals surface area contributed by atoms with Crippen LogP contribution in [0.2, 0.25) is 0 Å². The Kier molecular flexibility index (Phi) is 1.71. The van der Waals surface area contributed by atoms with Crippen molar-refractivity contribution in [3.05, 3.63) is 35.4 Å². The molecule has 0 saturated heterocycles. The van der Waals surface area contributed by atoms with Crippen molar-refractivity contribution in [1.29, 1.82) is 0 Å². The van der Waals surface area contributed by atoms with Gasteiger partial charge in [-0.25, -0.2) is 0 Å². The highest BCUT2D eigenvalue weighted by molar-refractivity contribution is 5.94. The number of benzene rings is 1. The number of amides is 1. The van der Waals surface area contributed by atoms with Gasteiger partial charge < -0.3 is 5.73 Å². The van der Waals surface area contributed by atoms with Gasteiger partial charge in [-0.3, -0.25) is 4.79 Å². The molecule has 2 N–H and O–H groups in total. The van der Waals surface area contributed by atoms with Crippen LogP contribution in [0.1, 0.15) is 15.9 Å². The molecule has 0 unspecified atom stereocenters. The Bertz CT molecular complexity index is 255. The predicted octanol–water partition coefficient (Wildman–Crippen LogP) is 0.894. The Balaban J connectivity index is 3.15. The monoisotopic (exact) mass is 134 g/mol. The van der Waals surface area contributed by atoms with E-state index in [4.69, 9.17) is 5.73 Å². The van der Waals surface area contributed by atoms with Crippen LogP contribution in [0.15, 0.2) is 18.2 Å². The number of hydrogen-bond donors (Lipinski definition) is 1. The van der Waals surface area contributed by atoms with Gasteiger partial charge >= 0.3 is 0 Å². The van der Waals surface area contributed by atoms with Crippen LogP contribution in [-0.4, -0.2) is 5.91 Å². The van der Waals surface area contributed by atoms with E-state index in [1.165, 1.54) is 0 Å². The standard InChI is InChI=1S/C8H8NO/c1-6-4-2-3-5-7(6)8(9)10/h2-3,5H,1H3,(H2,9,10). The molecule has 0 aliphatic heterocycles. The zero-order valence-corrected chi connectivity index (χ0v) is 5.72. The highest BCUT2D eigenvalue weighted by Gasteiger charge is 2.00. The van der Waals surface area contributed by atoms with Gasteiger partial charge in [0.15, 0.2) is 0 Å². The first kappa shape index (κ1) is 6.81. The van der Waals surface area contributed by atoms with Crippen LogP contribution < -0.4 is 5.73 Å². The average Bonchev–Trinajstić information content (AvgIpc) is 1.88. The van der Waals surface area contributed by atoms with Crippen LogP contribution in [0, 0.1) is 13.0 Å². The number of carbonyl (C=O) groups is 1. The summed E-state index contributed by atoms with van der Waals surface area (Å²) in [7, 11) is 0. The lowest BCUT2D eigenvalue weighted by atomic mass is 10.1. The second-order valence-corrected chi connectivity index (χ2v) is 2.07. The topological polar surface area (TPSA) is 43.1 Å². The van der Waals surface area contributed by atoms with Crippen LogP contribution >= 0.6 is 0 Å². The van der Waals surface area contributed by atoms with E-state index in [9.17, 15) is 4.79 Å². The number of hydrogen-bond acceptors (Lipinski definition) is 1. The molecule has 0 saturated carbocycles. The first-order chi connectivity index (χ1) is 4.72. The Labute approximate surface area is 59.7 Å². The minimum absolute atomic E-state index is 0.394. The third-order valence-corrected chi connectivity index (χ3v) is 1.33. The zero-order valence-electron chi connectivity index (χ0n) is 5.72. The lowest BCUT2D eigenvalue weighted by Crippen LogP contribution is -2.12. The normalized spacial score (nSPS) is 9.30. The average molecular weight is 134 g/mol. The fraction of sp³-hybridized carbons (Fsp3) is 0.125. The second kappa shape index (κ2) is 2.52. The molecule has 0 bridgehead atoms. The molecule has 1 aromatic rings. The second-order valence-electron chi connectivity index (χ2n) is 2.07. The quantitative estimate of drug-likeness (QED) is 0.609. The number of primary amides is 1. The molecule has 51 valence electrons. The van der Waals surface area contributed by atoms with Gasteiger partial charge in [0.1, 0.15) is 0 Å². The van der Waals surface area contributed by atoms with Gasteiger partial charge in [-0.2, -0.15) is 0 Å². The van der Waals surface area contributed by atoms with Crippen LogP contribution in [-0.2, 0) is 0 Å². The van der Waals surface area contributed by atoms with Crippen molar-refractivity contribution in [1.82, 2.24) is 0 Å². The summed E-state index contributed by atoms with van der Waals surface area (Å²) in [6.07, 6.45) is 0. The molecule has 0 aromatic heterocycles. The SMILES string of the molecule is Cc1[c]cccc1C(N)=O. The van der Waals surface area contributed by atoms with Crippen molar-refractivity contribution in [2.75, 3.05) is 0 Å². The molecule has 1 rings (SSSR count). The lowest BCUT2D eigenvalue weighted by Gasteiger charge is -1.96. The van der Waals surface area contributed by atoms with Gasteiger partial charge in [0.05, 0.1) is 0 Å². The van der Waals surface area contributed by atoms with E-state index < -0.39 is 5.91 Å². The Morgan fingerprint density at radius 2 is 2.40 bits per heavy atom. The van der Waals surface area contributed by atoms with E-state index in [-0.39, 0.29) is 0 Å². The summed E-state index contributed by atoms with van der Waals surface area (Å²) in [6.45, 7) is 1.81. The third-order valence-electron chi connectivity index (χ3n) is 1.33. The van der Waals surface area contributed by atoms with E-state index in [1.807, 2.05) is 0 Å². The summed E-state index contributed by atoms with van der Waals surface area (Å²) in [5.74, 6) is -0.394. The van der Waals surface area contributed by atoms with E-state index in [0.717, 1.165) is 5.56 Å². The van der Waals surface area contributed by atoms with Crippen molar-refractivity contribution in [3.63, 3.8) is 0 Å². The van der Waals surface area contributed by atoms with Crippen LogP contribution in [0.3, 0.4) is 0 Å². The predicted molar refractivity (Wildman–Crippen MR) is 38.5 cm³/mol. The molecule has 2 nitrogen and oxygen atoms in total. The van der Waals surface area contributed by atoms with Gasteiger partial charge in [0.25, 0.3) is 0 Å². The molecular formula is C8H8NO. The third kappa shape index (κ3) is 1.16. The van der Waals surface area contributed by atoms with E-state index >= 15 is 0 Å². The number of rotatable bonds is 1. The molecule has 0 spiro atoms. The maximum atomic E-state index is 10.6. The van der Waals surface area contributed by atoms with Gasteiger partial charge in [-0.05, 0) is 24.6 Å². The largest absolute Gasteiger partial charge is 0.366 e. The fourth-order valence-electron chi connectivity index (χ4n) is 0.787. The smallest absolute Gasteiger partial charge is 0.248 e. The van der Waals surface area contributed by atoms with Gasteiger partial charge in [0, 0.05) is 5.56 Å². The fourth-order valence-corrected chi connectivity index (χ4v) is 0.787. The van der Waals surface area contributed by atoms with Crippen LogP contribution in [0.5, 0.6) is 0 Å². The molecule has 1 amide bonds. The highest BCUT2D eigenvalue weighted by Crippen LogP contribution is 2.03. The van der Waals surface area contributed by atoms with Gasteiger partial charge in [-0.1, -0.05) is 12.1 Å². The summed E-state index contributed by atoms with van der Waals surface area (Å²) in [4.78, 5) is 10.6. The number of aryl methyl sites for hydroxylation is 1. The molecule has 2 heteroatoms. The summed E-state index contributed by atoms with van der Waals surface area (Å²) < 4.78 is 0. The molecule has 1 aromatic carbocycles. The Morgan fingerprint density at radius 1 is 1.70 bits per heavy atom. The summed E-state index contributed by atoms with van der Waals surface area (Å²) in [5, 5.41) is 0. The Morgan fingerprint density at radius 3 is 2.80 bits per heavy atom. The highest BCUT2D eigenvalue weighted by atomic mass is 16.1. The molecule has 10 heavy (non-hydrogen) atoms. The van der Waals surface area contributed by atoms with Crippen molar-refractivity contribution >= 4 is 5.91 Å². The van der Waals surface area contributed by atoms with E-state index in [1.54, 1.807) is 25.1 Å². The molecule has 1 radical (unpaired) electrons. The van der Waals surface area contributed by atoms with E-state index in [0.29, 0.717) is 5.56 Å². The summed E-state index contributed by atoms with van der Waals surface area (Å²) in [5.41, 5.74) is 6.40.